The third-order valence-corrected chi connectivity index (χ3v) is 1.12. The molecule has 0 saturated heterocycles. The highest BCUT2D eigenvalue weighted by atomic mass is 19.1. The van der Waals surface area contributed by atoms with E-state index in [9.17, 15) is 4.39 Å². The molecule has 0 fully saturated rings. The molecule has 1 aromatic carbocycles. The number of rotatable bonds is 2. The zero-order valence-electron chi connectivity index (χ0n) is 6.12. The number of ether oxygens (including phenoxy) is 1. The lowest BCUT2D eigenvalue weighted by Crippen LogP contribution is -2.09. The van der Waals surface area contributed by atoms with Crippen molar-refractivity contribution in [1.82, 2.24) is 0 Å². The van der Waals surface area contributed by atoms with Gasteiger partial charge in [-0.3, -0.25) is 0 Å². The van der Waals surface area contributed by atoms with Crippen LogP contribution in [0.4, 0.5) is 4.39 Å². The zero-order chi connectivity index (χ0) is 8.27. The first-order valence-electron chi connectivity index (χ1n) is 3.29. The molecule has 1 unspecified atom stereocenters. The second-order valence-electron chi connectivity index (χ2n) is 2.17. The molecule has 0 amide bonds. The molecule has 0 bridgehead atoms. The van der Waals surface area contributed by atoms with Crippen molar-refractivity contribution in [2.24, 2.45) is 0 Å². The Morgan fingerprint density at radius 3 is 2.36 bits per heavy atom. The van der Waals surface area contributed by atoms with Crippen LogP contribution in [-0.2, 0) is 0 Å². The molecule has 1 rings (SSSR count). The van der Waals surface area contributed by atoms with Gasteiger partial charge in [0.1, 0.15) is 11.6 Å². The summed E-state index contributed by atoms with van der Waals surface area (Å²) in [5.74, 6) is 0.143. The zero-order valence-corrected chi connectivity index (χ0v) is 6.12. The Hall–Kier alpha value is -1.09. The number of benzene rings is 1. The van der Waals surface area contributed by atoms with Gasteiger partial charge in [0.05, 0.1) is 0 Å². The second-order valence-corrected chi connectivity index (χ2v) is 2.17. The molecule has 0 saturated carbocycles. The van der Waals surface area contributed by atoms with Gasteiger partial charge in [0.25, 0.3) is 0 Å². The molecule has 2 nitrogen and oxygen atoms in total. The molecule has 1 aromatic rings. The van der Waals surface area contributed by atoms with Crippen LogP contribution >= 0.6 is 0 Å². The van der Waals surface area contributed by atoms with Gasteiger partial charge >= 0.3 is 0 Å². The average molecular weight is 156 g/mol. The van der Waals surface area contributed by atoms with Crippen LogP contribution < -0.4 is 4.74 Å². The predicted molar refractivity (Wildman–Crippen MR) is 38.7 cm³/mol. The summed E-state index contributed by atoms with van der Waals surface area (Å²) in [5.41, 5.74) is 0. The highest BCUT2D eigenvalue weighted by Gasteiger charge is 1.97. The molecule has 0 aliphatic heterocycles. The van der Waals surface area contributed by atoms with E-state index in [0.29, 0.717) is 5.75 Å². The van der Waals surface area contributed by atoms with Crippen molar-refractivity contribution >= 4 is 0 Å². The first-order chi connectivity index (χ1) is 5.18. The Bertz CT molecular complexity index is 218. The molecular formula is C8H9FO2. The first-order valence-corrected chi connectivity index (χ1v) is 3.29. The Kier molecular flexibility index (Phi) is 2.44. The summed E-state index contributed by atoms with van der Waals surface area (Å²) in [6, 6.07) is 5.47. The smallest absolute Gasteiger partial charge is 0.194 e. The maximum atomic E-state index is 12.3. The van der Waals surface area contributed by atoms with Crippen molar-refractivity contribution in [2.45, 2.75) is 13.2 Å². The molecule has 1 atom stereocenters. The fourth-order valence-corrected chi connectivity index (χ4v) is 0.710. The van der Waals surface area contributed by atoms with Crippen LogP contribution in [0.3, 0.4) is 0 Å². The van der Waals surface area contributed by atoms with Crippen molar-refractivity contribution in [2.75, 3.05) is 0 Å². The van der Waals surface area contributed by atoms with E-state index < -0.39 is 6.29 Å². The SMILES string of the molecule is CC(O)Oc1ccc(F)cc1. The molecule has 1 N–H and O–H groups in total. The standard InChI is InChI=1S/C8H9FO2/c1-6(10)11-8-4-2-7(9)3-5-8/h2-6,10H,1H3. The van der Waals surface area contributed by atoms with Crippen molar-refractivity contribution in [1.29, 1.82) is 0 Å². The minimum atomic E-state index is -0.861. The summed E-state index contributed by atoms with van der Waals surface area (Å²) in [7, 11) is 0. The van der Waals surface area contributed by atoms with Gasteiger partial charge in [0, 0.05) is 0 Å². The molecular weight excluding hydrogens is 147 g/mol. The summed E-state index contributed by atoms with van der Waals surface area (Å²) in [4.78, 5) is 0. The lowest BCUT2D eigenvalue weighted by molar-refractivity contribution is -0.000345. The molecule has 0 aliphatic rings. The Labute approximate surface area is 64.2 Å². The molecule has 3 heteroatoms. The van der Waals surface area contributed by atoms with E-state index in [1.165, 1.54) is 31.2 Å². The maximum absolute atomic E-state index is 12.3. The predicted octanol–water partition coefficient (Wildman–Crippen LogP) is 1.54. The van der Waals surface area contributed by atoms with Gasteiger partial charge in [-0.1, -0.05) is 0 Å². The van der Waals surface area contributed by atoms with Gasteiger partial charge in [-0.25, -0.2) is 4.39 Å². The van der Waals surface area contributed by atoms with Crippen molar-refractivity contribution in [3.63, 3.8) is 0 Å². The van der Waals surface area contributed by atoms with Gasteiger partial charge in [0.15, 0.2) is 6.29 Å². The Balaban J connectivity index is 2.66. The van der Waals surface area contributed by atoms with Crippen LogP contribution in [0, 0.1) is 5.82 Å². The van der Waals surface area contributed by atoms with Gasteiger partial charge in [-0.2, -0.15) is 0 Å². The lowest BCUT2D eigenvalue weighted by atomic mass is 10.3. The number of aliphatic hydroxyl groups excluding tert-OH is 1. The summed E-state index contributed by atoms with van der Waals surface area (Å²) in [5, 5.41) is 8.76. The average Bonchev–Trinajstić information content (AvgIpc) is 1.93. The van der Waals surface area contributed by atoms with E-state index in [2.05, 4.69) is 0 Å². The fourth-order valence-electron chi connectivity index (χ4n) is 0.710. The van der Waals surface area contributed by atoms with Crippen LogP contribution in [0.15, 0.2) is 24.3 Å². The van der Waals surface area contributed by atoms with Gasteiger partial charge < -0.3 is 9.84 Å². The van der Waals surface area contributed by atoms with E-state index in [-0.39, 0.29) is 5.82 Å². The number of aliphatic hydroxyl groups is 1. The monoisotopic (exact) mass is 156 g/mol. The largest absolute Gasteiger partial charge is 0.465 e. The summed E-state index contributed by atoms with van der Waals surface area (Å²) in [6.45, 7) is 1.49. The van der Waals surface area contributed by atoms with Gasteiger partial charge in [-0.05, 0) is 31.2 Å². The van der Waals surface area contributed by atoms with Crippen LogP contribution in [0.1, 0.15) is 6.92 Å². The number of halogens is 1. The fraction of sp³-hybridized carbons (Fsp3) is 0.250. The maximum Gasteiger partial charge on any atom is 0.194 e. The van der Waals surface area contributed by atoms with Crippen molar-refractivity contribution in [3.05, 3.63) is 30.1 Å². The molecule has 0 heterocycles. The van der Waals surface area contributed by atoms with Gasteiger partial charge in [-0.15, -0.1) is 0 Å². The van der Waals surface area contributed by atoms with E-state index in [1.54, 1.807) is 0 Å². The first kappa shape index (κ1) is 8.01. The molecule has 60 valence electrons. The van der Waals surface area contributed by atoms with Crippen LogP contribution in [-0.4, -0.2) is 11.4 Å². The van der Waals surface area contributed by atoms with E-state index in [0.717, 1.165) is 0 Å². The van der Waals surface area contributed by atoms with Crippen LogP contribution in [0.25, 0.3) is 0 Å². The molecule has 11 heavy (non-hydrogen) atoms. The highest BCUT2D eigenvalue weighted by molar-refractivity contribution is 5.21. The third kappa shape index (κ3) is 2.55. The minimum absolute atomic E-state index is 0.317. The van der Waals surface area contributed by atoms with E-state index in [4.69, 9.17) is 9.84 Å². The van der Waals surface area contributed by atoms with E-state index in [1.807, 2.05) is 0 Å². The minimum Gasteiger partial charge on any atom is -0.465 e. The summed E-state index contributed by atoms with van der Waals surface area (Å²) < 4.78 is 17.2. The van der Waals surface area contributed by atoms with Crippen molar-refractivity contribution < 1.29 is 14.2 Å². The molecule has 0 radical (unpaired) electrons. The van der Waals surface area contributed by atoms with Crippen LogP contribution in [0.5, 0.6) is 5.75 Å². The molecule has 0 aromatic heterocycles. The second kappa shape index (κ2) is 3.34. The highest BCUT2D eigenvalue weighted by Crippen LogP contribution is 2.11. The Morgan fingerprint density at radius 2 is 1.91 bits per heavy atom. The molecule has 0 spiro atoms. The van der Waals surface area contributed by atoms with E-state index >= 15 is 0 Å². The summed E-state index contributed by atoms with van der Waals surface area (Å²) >= 11 is 0. The quantitative estimate of drug-likeness (QED) is 0.658. The normalized spacial score (nSPS) is 12.6. The number of hydrogen-bond donors (Lipinski definition) is 1. The molecule has 0 aliphatic carbocycles. The lowest BCUT2D eigenvalue weighted by Gasteiger charge is -2.07. The third-order valence-electron chi connectivity index (χ3n) is 1.12. The van der Waals surface area contributed by atoms with Crippen LogP contribution in [0.2, 0.25) is 0 Å². The van der Waals surface area contributed by atoms with Crippen molar-refractivity contribution in [3.8, 4) is 5.75 Å². The van der Waals surface area contributed by atoms with Gasteiger partial charge in [0.2, 0.25) is 0 Å². The summed E-state index contributed by atoms with van der Waals surface area (Å²) in [6.07, 6.45) is -0.861. The topological polar surface area (TPSA) is 29.5 Å². The Morgan fingerprint density at radius 1 is 1.36 bits per heavy atom. The number of hydrogen-bond acceptors (Lipinski definition) is 2.